The summed E-state index contributed by atoms with van der Waals surface area (Å²) in [7, 11) is -6.68. The van der Waals surface area contributed by atoms with E-state index < -0.39 is 77.8 Å². The summed E-state index contributed by atoms with van der Waals surface area (Å²) in [5, 5.41) is -6.03. The van der Waals surface area contributed by atoms with Crippen molar-refractivity contribution in [3.63, 3.8) is 0 Å². The van der Waals surface area contributed by atoms with Crippen LogP contribution < -0.4 is 21.7 Å². The van der Waals surface area contributed by atoms with Crippen LogP contribution in [0.5, 0.6) is 5.75 Å². The second-order valence-electron chi connectivity index (χ2n) is 7.94. The van der Waals surface area contributed by atoms with Crippen LogP contribution in [0.3, 0.4) is 0 Å². The molecule has 0 radical (unpaired) electrons. The fourth-order valence-electron chi connectivity index (χ4n) is 3.53. The van der Waals surface area contributed by atoms with Gasteiger partial charge in [-0.05, 0) is 30.3 Å². The molecule has 216 valence electrons. The van der Waals surface area contributed by atoms with Crippen molar-refractivity contribution in [2.75, 3.05) is 0 Å². The first kappa shape index (κ1) is 30.6. The fraction of sp³-hybridized carbons (Fsp3) is 0.182. The van der Waals surface area contributed by atoms with E-state index >= 15 is 13.2 Å². The third-order valence-electron chi connectivity index (χ3n) is 5.60. The summed E-state index contributed by atoms with van der Waals surface area (Å²) in [5.41, 5.74) is 0.350. The third-order valence-corrected chi connectivity index (χ3v) is 7.72. The molecule has 8 nitrogen and oxygen atoms in total. The minimum absolute atomic E-state index is 0.322. The Bertz CT molecular complexity index is 1530. The minimum atomic E-state index is -6.87. The Kier molecular flexibility index (Phi) is 7.85. The Morgan fingerprint density at radius 2 is 1.52 bits per heavy atom. The number of carbonyl (C=O) groups excluding carboxylic acids is 1. The first-order valence-electron chi connectivity index (χ1n) is 10.4. The van der Waals surface area contributed by atoms with Crippen LogP contribution in [0.25, 0.3) is 0 Å². The Morgan fingerprint density at radius 1 is 0.950 bits per heavy atom. The van der Waals surface area contributed by atoms with Crippen LogP contribution in [-0.2, 0) is 14.6 Å². The van der Waals surface area contributed by atoms with Crippen LogP contribution in [0.4, 0.5) is 45.2 Å². The quantitative estimate of drug-likeness (QED) is 0.0786. The number of carbonyl (C=O) groups is 1. The van der Waals surface area contributed by atoms with Gasteiger partial charge >= 0.3 is 17.8 Å². The number of ether oxygens (including phenoxy) is 1. The molecular weight excluding hydrogens is 587 g/mol. The number of halogens is 9. The molecule has 5 N–H and O–H groups in total. The van der Waals surface area contributed by atoms with E-state index in [0.29, 0.717) is 12.1 Å². The minimum Gasteiger partial charge on any atom is -0.422 e. The van der Waals surface area contributed by atoms with Crippen LogP contribution >= 0.6 is 0 Å². The van der Waals surface area contributed by atoms with Crippen molar-refractivity contribution in [1.29, 1.82) is 0 Å². The first-order chi connectivity index (χ1) is 18.4. The van der Waals surface area contributed by atoms with Gasteiger partial charge in [0.05, 0.1) is 10.6 Å². The van der Waals surface area contributed by atoms with E-state index in [1.54, 1.807) is 0 Å². The Hall–Kier alpha value is -3.90. The fourth-order valence-corrected chi connectivity index (χ4v) is 5.36. The second kappa shape index (κ2) is 10.3. The van der Waals surface area contributed by atoms with Crippen molar-refractivity contribution in [2.45, 2.75) is 27.3 Å². The lowest BCUT2D eigenvalue weighted by Crippen LogP contribution is -2.78. The molecule has 0 fully saturated rings. The molecule has 0 saturated carbocycles. The van der Waals surface area contributed by atoms with E-state index in [0.717, 1.165) is 42.7 Å². The standard InChI is InChI=1S/C22H15F9N4O4S/c23-14-15(24)17(26)21(29,40(37,38)13-8-4-5-11(9-13)34-10-35-33)19(32,16(14)25)22(30,31)20(27,28)18(36)39-12-6-2-1-3-7-12/h1-10H,32-33H2,(H,34,35). The topological polar surface area (TPSA) is 137 Å². The summed E-state index contributed by atoms with van der Waals surface area (Å²) in [4.78, 5) is 14.0. The molecule has 0 aliphatic heterocycles. The highest BCUT2D eigenvalue weighted by Gasteiger charge is 2.86. The van der Waals surface area contributed by atoms with E-state index in [4.69, 9.17) is 11.6 Å². The number of hydrazine groups is 1. The number of rotatable bonds is 8. The molecule has 0 heterocycles. The van der Waals surface area contributed by atoms with E-state index in [-0.39, 0.29) is 0 Å². The van der Waals surface area contributed by atoms with Gasteiger partial charge in [0.2, 0.25) is 9.84 Å². The van der Waals surface area contributed by atoms with Gasteiger partial charge in [-0.3, -0.25) is 0 Å². The maximum atomic E-state index is 16.4. The van der Waals surface area contributed by atoms with Crippen molar-refractivity contribution < 1.29 is 57.5 Å². The molecule has 18 heteroatoms. The molecule has 0 bridgehead atoms. The second-order valence-corrected chi connectivity index (χ2v) is 9.98. The number of esters is 1. The summed E-state index contributed by atoms with van der Waals surface area (Å²) in [6, 6.07) is 7.50. The van der Waals surface area contributed by atoms with Gasteiger partial charge in [0.1, 0.15) is 12.1 Å². The summed E-state index contributed by atoms with van der Waals surface area (Å²) < 4.78 is 166. The zero-order valence-electron chi connectivity index (χ0n) is 19.3. The lowest BCUT2D eigenvalue weighted by Gasteiger charge is -2.46. The number of nitrogens with zero attached hydrogens (tertiary/aromatic N) is 1. The van der Waals surface area contributed by atoms with Crippen LogP contribution in [0.15, 0.2) is 87.8 Å². The normalized spacial score (nSPS) is 22.6. The summed E-state index contributed by atoms with van der Waals surface area (Å²) >= 11 is 0. The lowest BCUT2D eigenvalue weighted by atomic mass is 9.78. The van der Waals surface area contributed by atoms with E-state index in [2.05, 4.69) is 9.73 Å². The highest BCUT2D eigenvalue weighted by Crippen LogP contribution is 2.60. The molecule has 0 saturated heterocycles. The molecule has 2 unspecified atom stereocenters. The molecule has 40 heavy (non-hydrogen) atoms. The van der Waals surface area contributed by atoms with E-state index in [9.17, 15) is 39.6 Å². The number of aliphatic imine (C=N–C) groups is 1. The number of hydrogen-bond acceptors (Lipinski definition) is 7. The highest BCUT2D eigenvalue weighted by molar-refractivity contribution is 7.93. The number of alkyl halides is 5. The number of allylic oxidation sites excluding steroid dienone is 2. The number of benzene rings is 2. The molecule has 0 amide bonds. The van der Waals surface area contributed by atoms with Crippen molar-refractivity contribution in [3.8, 4) is 5.75 Å². The smallest absolute Gasteiger partial charge is 0.407 e. The Labute approximate surface area is 218 Å². The summed E-state index contributed by atoms with van der Waals surface area (Å²) in [6.45, 7) is 0. The van der Waals surface area contributed by atoms with Gasteiger partial charge in [-0.15, -0.1) is 0 Å². The maximum absolute atomic E-state index is 16.4. The average Bonchev–Trinajstić information content (AvgIpc) is 2.93. The number of nitrogens with two attached hydrogens (primary N) is 2. The van der Waals surface area contributed by atoms with Crippen molar-refractivity contribution in [2.24, 2.45) is 16.6 Å². The highest BCUT2D eigenvalue weighted by atomic mass is 32.2. The van der Waals surface area contributed by atoms with E-state index in [1.807, 2.05) is 5.43 Å². The van der Waals surface area contributed by atoms with E-state index in [1.165, 1.54) is 6.07 Å². The number of nitrogens with one attached hydrogen (secondary N) is 1. The Morgan fingerprint density at radius 3 is 2.10 bits per heavy atom. The molecular formula is C22H15F9N4O4S. The first-order valence-corrected chi connectivity index (χ1v) is 11.9. The third kappa shape index (κ3) is 4.22. The Balaban J connectivity index is 2.31. The zero-order valence-corrected chi connectivity index (χ0v) is 20.1. The molecule has 2 aromatic rings. The zero-order chi connectivity index (χ0) is 30.3. The summed E-state index contributed by atoms with van der Waals surface area (Å²) in [6.07, 6.45) is 0.718. The molecule has 1 aliphatic rings. The van der Waals surface area contributed by atoms with Gasteiger partial charge < -0.3 is 15.9 Å². The van der Waals surface area contributed by atoms with Gasteiger partial charge in [-0.25, -0.2) is 46.0 Å². The van der Waals surface area contributed by atoms with Crippen LogP contribution in [0, 0.1) is 0 Å². The SMILES string of the molecule is NNC=Nc1cccc(S(=O)(=O)C2(F)C(F)=C(F)C(F)=C(F)C2(N)C(F)(F)C(F)(F)C(=O)Oc2ccccc2)c1. The number of sulfone groups is 1. The van der Waals surface area contributed by atoms with Gasteiger partial charge in [-0.1, -0.05) is 24.3 Å². The van der Waals surface area contributed by atoms with Gasteiger partial charge in [0, 0.05) is 0 Å². The van der Waals surface area contributed by atoms with Gasteiger partial charge in [-0.2, -0.15) is 17.6 Å². The predicted octanol–water partition coefficient (Wildman–Crippen LogP) is 4.14. The monoisotopic (exact) mass is 602 g/mol. The molecule has 2 aromatic carbocycles. The average molecular weight is 602 g/mol. The lowest BCUT2D eigenvalue weighted by molar-refractivity contribution is -0.252. The van der Waals surface area contributed by atoms with Crippen LogP contribution in [-0.4, -0.2) is 43.1 Å². The predicted molar refractivity (Wildman–Crippen MR) is 120 cm³/mol. The van der Waals surface area contributed by atoms with Gasteiger partial charge in [0.15, 0.2) is 28.8 Å². The molecule has 2 atom stereocenters. The molecule has 3 rings (SSSR count). The molecule has 0 spiro atoms. The number of para-hydroxylation sites is 1. The largest absolute Gasteiger partial charge is 0.422 e. The number of hydrogen-bond donors (Lipinski definition) is 3. The summed E-state index contributed by atoms with van der Waals surface area (Å²) in [5.74, 6) is -26.5. The van der Waals surface area contributed by atoms with Crippen molar-refractivity contribution >= 4 is 27.8 Å². The molecule has 0 aromatic heterocycles. The van der Waals surface area contributed by atoms with Gasteiger partial charge in [0.25, 0.3) is 5.00 Å². The van der Waals surface area contributed by atoms with Crippen LogP contribution in [0.2, 0.25) is 0 Å². The maximum Gasteiger partial charge on any atom is 0.407 e. The molecule has 1 aliphatic carbocycles. The van der Waals surface area contributed by atoms with Crippen molar-refractivity contribution in [3.05, 3.63) is 77.9 Å². The van der Waals surface area contributed by atoms with Crippen LogP contribution in [0.1, 0.15) is 0 Å². The van der Waals surface area contributed by atoms with Crippen molar-refractivity contribution in [1.82, 2.24) is 5.43 Å².